The van der Waals surface area contributed by atoms with Gasteiger partial charge in [-0.25, -0.2) is 0 Å². The summed E-state index contributed by atoms with van der Waals surface area (Å²) in [4.78, 5) is 83.1. The Morgan fingerprint density at radius 3 is 2.29 bits per heavy atom. The van der Waals surface area contributed by atoms with Crippen LogP contribution in [0.4, 0.5) is 0 Å². The van der Waals surface area contributed by atoms with Gasteiger partial charge in [-0.2, -0.15) is 5.21 Å². The Labute approximate surface area is 287 Å². The van der Waals surface area contributed by atoms with Crippen LogP contribution in [0.15, 0.2) is 0 Å². The van der Waals surface area contributed by atoms with Gasteiger partial charge < -0.3 is 26.2 Å². The molecular weight excluding hydrogens is 630 g/mol. The van der Waals surface area contributed by atoms with Crippen molar-refractivity contribution >= 4 is 35.3 Å². The number of carbonyl (C=O) groups is 6. The first-order valence-corrected chi connectivity index (χ1v) is 18.1. The summed E-state index contributed by atoms with van der Waals surface area (Å²) in [5, 5.41) is 25.0. The van der Waals surface area contributed by atoms with E-state index in [4.69, 9.17) is 0 Å². The predicted octanol–water partition coefficient (Wildman–Crippen LogP) is 1.10. The molecule has 270 valence electrons. The van der Waals surface area contributed by atoms with Crippen molar-refractivity contribution in [2.45, 2.75) is 141 Å². The molecule has 15 nitrogen and oxygen atoms in total. The van der Waals surface area contributed by atoms with E-state index >= 15 is 0 Å². The standard InChI is InChI=1S/C34H53N9O6/c1-5-10-23(28(45)32(48)35-21-15-16-21)36-31(47)27-22-14-9-13-20(22)18-43(27)33(49)29(34(2,3)4)38-30(46)26(19-11-7-6-8-12-19)37-25(44)17-24-39-41-42-40-24/h19-23,26-27,29H,5-18H2,1-4H3,(H,35,48)(H,36,47)(H,37,44)(H,38,46)(H,39,40,41,42)/t20-,22-,23-,26-,27-,29+/m0/s1. The van der Waals surface area contributed by atoms with Gasteiger partial charge in [-0.3, -0.25) is 28.8 Å². The van der Waals surface area contributed by atoms with Crippen LogP contribution in [0.2, 0.25) is 0 Å². The summed E-state index contributed by atoms with van der Waals surface area (Å²) in [7, 11) is 0. The average molecular weight is 684 g/mol. The molecule has 6 atom stereocenters. The van der Waals surface area contributed by atoms with Crippen molar-refractivity contribution < 1.29 is 28.8 Å². The van der Waals surface area contributed by atoms with Gasteiger partial charge in [0.1, 0.15) is 18.1 Å². The van der Waals surface area contributed by atoms with E-state index in [9.17, 15) is 28.8 Å². The number of fused-ring (bicyclic) bond motifs is 1. The van der Waals surface area contributed by atoms with Crippen LogP contribution < -0.4 is 21.3 Å². The fourth-order valence-corrected chi connectivity index (χ4v) is 7.86. The topological polar surface area (TPSA) is 208 Å². The Balaban J connectivity index is 1.34. The highest BCUT2D eigenvalue weighted by Gasteiger charge is 2.52. The minimum Gasteiger partial charge on any atom is -0.347 e. The van der Waals surface area contributed by atoms with Gasteiger partial charge in [-0.1, -0.05) is 65.0 Å². The van der Waals surface area contributed by atoms with Gasteiger partial charge in [0.15, 0.2) is 5.82 Å². The van der Waals surface area contributed by atoms with E-state index < -0.39 is 59.0 Å². The third-order valence-electron chi connectivity index (χ3n) is 10.6. The maximum atomic E-state index is 14.6. The molecule has 15 heteroatoms. The van der Waals surface area contributed by atoms with E-state index in [0.717, 1.165) is 64.2 Å². The van der Waals surface area contributed by atoms with Crippen LogP contribution in [0.25, 0.3) is 0 Å². The SMILES string of the molecule is CCC[C@H](NC(=O)[C@@H]1[C@H]2CCC[C@H]2CN1C(=O)[C@@H](NC(=O)[C@@H](NC(=O)Cc1nn[nH]n1)C1CCCCC1)C(C)(C)C)C(=O)C(=O)NC1CC1. The Morgan fingerprint density at radius 2 is 1.65 bits per heavy atom. The summed E-state index contributed by atoms with van der Waals surface area (Å²) < 4.78 is 0. The number of carbonyl (C=O) groups excluding carboxylic acids is 6. The van der Waals surface area contributed by atoms with Crippen molar-refractivity contribution in [1.29, 1.82) is 0 Å². The van der Waals surface area contributed by atoms with E-state index in [2.05, 4.69) is 41.9 Å². The van der Waals surface area contributed by atoms with Crippen LogP contribution in [0.1, 0.15) is 111 Å². The van der Waals surface area contributed by atoms with Gasteiger partial charge in [-0.15, -0.1) is 10.2 Å². The lowest BCUT2D eigenvalue weighted by Gasteiger charge is -2.38. The fraction of sp³-hybridized carbons (Fsp3) is 0.794. The predicted molar refractivity (Wildman–Crippen MR) is 177 cm³/mol. The molecule has 0 bridgehead atoms. The van der Waals surface area contributed by atoms with Crippen molar-refractivity contribution in [3.63, 3.8) is 0 Å². The summed E-state index contributed by atoms with van der Waals surface area (Å²) in [6, 6.07) is -3.66. The quantitative estimate of drug-likeness (QED) is 0.178. The largest absolute Gasteiger partial charge is 0.347 e. The highest BCUT2D eigenvalue weighted by Crippen LogP contribution is 2.43. The average Bonchev–Trinajstić information content (AvgIpc) is 3.38. The third-order valence-corrected chi connectivity index (χ3v) is 10.6. The maximum Gasteiger partial charge on any atom is 0.289 e. The zero-order chi connectivity index (χ0) is 35.3. The Morgan fingerprint density at radius 1 is 0.918 bits per heavy atom. The molecule has 2 heterocycles. The summed E-state index contributed by atoms with van der Waals surface area (Å²) in [5.74, 6) is -2.91. The monoisotopic (exact) mass is 683 g/mol. The lowest BCUT2D eigenvalue weighted by molar-refractivity contribution is -0.146. The summed E-state index contributed by atoms with van der Waals surface area (Å²) in [6.45, 7) is 7.84. The van der Waals surface area contributed by atoms with Crippen molar-refractivity contribution in [3.05, 3.63) is 5.82 Å². The molecule has 1 aromatic rings. The van der Waals surface area contributed by atoms with Crippen molar-refractivity contribution in [2.75, 3.05) is 6.54 Å². The number of Topliss-reactive ketones (excluding diaryl/α,β-unsaturated/α-hetero) is 1. The molecule has 0 aromatic carbocycles. The fourth-order valence-electron chi connectivity index (χ4n) is 7.86. The summed E-state index contributed by atoms with van der Waals surface area (Å²) >= 11 is 0. The minimum absolute atomic E-state index is 0.0117. The van der Waals surface area contributed by atoms with E-state index in [1.165, 1.54) is 0 Å². The number of hydrogen-bond acceptors (Lipinski definition) is 9. The molecule has 0 spiro atoms. The smallest absolute Gasteiger partial charge is 0.289 e. The van der Waals surface area contributed by atoms with Crippen LogP contribution >= 0.6 is 0 Å². The van der Waals surface area contributed by atoms with Gasteiger partial charge in [0.05, 0.1) is 12.5 Å². The molecular formula is C34H53N9O6. The zero-order valence-electron chi connectivity index (χ0n) is 29.3. The lowest BCUT2D eigenvalue weighted by Crippen LogP contribution is -2.62. The molecule has 4 fully saturated rings. The van der Waals surface area contributed by atoms with E-state index in [1.54, 1.807) is 4.90 Å². The maximum absolute atomic E-state index is 14.6. The molecule has 1 saturated heterocycles. The Kier molecular flexibility index (Phi) is 11.7. The second-order valence-corrected chi connectivity index (χ2v) is 15.5. The van der Waals surface area contributed by atoms with Crippen LogP contribution in [-0.2, 0) is 35.2 Å². The third kappa shape index (κ3) is 9.01. The number of H-pyrrole nitrogens is 1. The van der Waals surface area contributed by atoms with Crippen LogP contribution in [-0.4, -0.2) is 97.6 Å². The number of ketones is 1. The minimum atomic E-state index is -0.994. The van der Waals surface area contributed by atoms with E-state index in [0.29, 0.717) is 19.4 Å². The van der Waals surface area contributed by atoms with Gasteiger partial charge in [0, 0.05) is 12.6 Å². The van der Waals surface area contributed by atoms with Crippen molar-refractivity contribution in [1.82, 2.24) is 46.8 Å². The molecule has 3 saturated carbocycles. The van der Waals surface area contributed by atoms with Crippen molar-refractivity contribution in [2.24, 2.45) is 23.2 Å². The zero-order valence-corrected chi connectivity index (χ0v) is 29.3. The first-order chi connectivity index (χ1) is 23.4. The molecule has 1 aliphatic heterocycles. The molecule has 4 aliphatic rings. The second-order valence-electron chi connectivity index (χ2n) is 15.5. The van der Waals surface area contributed by atoms with Gasteiger partial charge in [-0.05, 0) is 68.1 Å². The Hall–Kier alpha value is -3.91. The number of amides is 5. The number of likely N-dealkylation sites (tertiary alicyclic amines) is 1. The number of aromatic amines is 1. The molecule has 1 aromatic heterocycles. The van der Waals surface area contributed by atoms with Gasteiger partial charge in [0.2, 0.25) is 29.4 Å². The number of aromatic nitrogens is 4. The van der Waals surface area contributed by atoms with Gasteiger partial charge in [0.25, 0.3) is 5.91 Å². The van der Waals surface area contributed by atoms with Crippen LogP contribution in [0.3, 0.4) is 0 Å². The second kappa shape index (κ2) is 15.8. The number of rotatable bonds is 14. The molecule has 5 N–H and O–H groups in total. The molecule has 3 aliphatic carbocycles. The van der Waals surface area contributed by atoms with Crippen LogP contribution in [0.5, 0.6) is 0 Å². The molecule has 0 radical (unpaired) electrons. The lowest BCUT2D eigenvalue weighted by atomic mass is 9.82. The molecule has 0 unspecified atom stereocenters. The van der Waals surface area contributed by atoms with Gasteiger partial charge >= 0.3 is 0 Å². The highest BCUT2D eigenvalue weighted by molar-refractivity contribution is 6.38. The Bertz CT molecular complexity index is 1370. The highest BCUT2D eigenvalue weighted by atomic mass is 16.2. The molecule has 49 heavy (non-hydrogen) atoms. The first-order valence-electron chi connectivity index (χ1n) is 18.1. The number of tetrazole rings is 1. The van der Waals surface area contributed by atoms with E-state index in [-0.39, 0.29) is 41.9 Å². The molecule has 5 rings (SSSR count). The normalized spacial score (nSPS) is 24.3. The molecule has 5 amide bonds. The van der Waals surface area contributed by atoms with E-state index in [1.807, 2.05) is 27.7 Å². The first kappa shape index (κ1) is 36.4. The summed E-state index contributed by atoms with van der Waals surface area (Å²) in [5.41, 5.74) is -0.737. The number of nitrogens with one attached hydrogen (secondary N) is 5. The van der Waals surface area contributed by atoms with Crippen molar-refractivity contribution in [3.8, 4) is 0 Å². The number of hydrogen-bond donors (Lipinski definition) is 5. The number of nitrogens with zero attached hydrogens (tertiary/aromatic N) is 4. The summed E-state index contributed by atoms with van der Waals surface area (Å²) in [6.07, 6.45) is 9.47. The van der Waals surface area contributed by atoms with Crippen LogP contribution in [0, 0.1) is 23.2 Å².